The predicted molar refractivity (Wildman–Crippen MR) is 141 cm³/mol. The maximum absolute atomic E-state index is 12.7. The van der Waals surface area contributed by atoms with Crippen molar-refractivity contribution in [3.05, 3.63) is 94.0 Å². The topological polar surface area (TPSA) is 58.6 Å². The number of halogens is 1. The second-order valence-corrected chi connectivity index (χ2v) is 8.91. The van der Waals surface area contributed by atoms with Crippen molar-refractivity contribution in [2.24, 2.45) is 0 Å². The van der Waals surface area contributed by atoms with Crippen molar-refractivity contribution < 1.29 is 14.3 Å². The van der Waals surface area contributed by atoms with Gasteiger partial charge in [0, 0.05) is 36.3 Å². The van der Waals surface area contributed by atoms with E-state index >= 15 is 0 Å². The average Bonchev–Trinajstić information content (AvgIpc) is 2.85. The average molecular weight is 523 g/mol. The van der Waals surface area contributed by atoms with Crippen LogP contribution in [0.1, 0.15) is 53.0 Å². The summed E-state index contributed by atoms with van der Waals surface area (Å²) < 4.78 is 6.59. The lowest BCUT2D eigenvalue weighted by Gasteiger charge is -2.21. The summed E-state index contributed by atoms with van der Waals surface area (Å²) in [5, 5.41) is 2.89. The highest BCUT2D eigenvalue weighted by Crippen LogP contribution is 2.27. The minimum Gasteiger partial charge on any atom is -0.492 e. The van der Waals surface area contributed by atoms with Crippen LogP contribution in [-0.4, -0.2) is 36.4 Å². The van der Waals surface area contributed by atoms with E-state index in [2.05, 4.69) is 47.2 Å². The number of rotatable bonds is 11. The van der Waals surface area contributed by atoms with E-state index in [0.717, 1.165) is 36.8 Å². The van der Waals surface area contributed by atoms with Gasteiger partial charge in [-0.25, -0.2) is 0 Å². The molecule has 0 atom stereocenters. The fourth-order valence-electron chi connectivity index (χ4n) is 3.62. The van der Waals surface area contributed by atoms with Gasteiger partial charge in [-0.15, -0.1) is 0 Å². The van der Waals surface area contributed by atoms with Crippen LogP contribution in [0.15, 0.2) is 77.3 Å². The van der Waals surface area contributed by atoms with Crippen LogP contribution in [0.2, 0.25) is 0 Å². The molecule has 0 aliphatic rings. The number of hydrogen-bond acceptors (Lipinski definition) is 3. The van der Waals surface area contributed by atoms with E-state index in [0.29, 0.717) is 29.2 Å². The van der Waals surface area contributed by atoms with Crippen molar-refractivity contribution in [2.45, 2.75) is 33.1 Å². The molecule has 0 radical (unpaired) electrons. The van der Waals surface area contributed by atoms with Gasteiger partial charge in [0.2, 0.25) is 0 Å². The largest absolute Gasteiger partial charge is 0.492 e. The van der Waals surface area contributed by atoms with Gasteiger partial charge in [-0.1, -0.05) is 44.2 Å². The van der Waals surface area contributed by atoms with Gasteiger partial charge in [0.25, 0.3) is 11.8 Å². The van der Waals surface area contributed by atoms with Crippen LogP contribution in [0.25, 0.3) is 0 Å². The Balaban J connectivity index is 1.57. The van der Waals surface area contributed by atoms with Gasteiger partial charge in [-0.3, -0.25) is 9.59 Å². The van der Waals surface area contributed by atoms with Crippen LogP contribution in [0.5, 0.6) is 5.75 Å². The highest BCUT2D eigenvalue weighted by molar-refractivity contribution is 9.10. The Bertz CT molecular complexity index is 1080. The van der Waals surface area contributed by atoms with Gasteiger partial charge in [-0.2, -0.15) is 0 Å². The Kier molecular flexibility index (Phi) is 9.71. The number of nitrogens with zero attached hydrogens (tertiary/aromatic N) is 1. The maximum Gasteiger partial charge on any atom is 0.255 e. The lowest BCUT2D eigenvalue weighted by Crippen LogP contribution is -2.32. The van der Waals surface area contributed by atoms with E-state index < -0.39 is 0 Å². The molecule has 0 spiro atoms. The zero-order valence-corrected chi connectivity index (χ0v) is 21.3. The summed E-state index contributed by atoms with van der Waals surface area (Å²) in [6.07, 6.45) is 2.65. The molecule has 0 aliphatic carbocycles. The van der Waals surface area contributed by atoms with Gasteiger partial charge in [-0.05, 0) is 76.8 Å². The third kappa shape index (κ3) is 7.19. The number of amides is 2. The van der Waals surface area contributed by atoms with Crippen LogP contribution >= 0.6 is 15.9 Å². The molecular weight excluding hydrogens is 492 g/mol. The van der Waals surface area contributed by atoms with Crippen LogP contribution in [0, 0.1) is 0 Å². The smallest absolute Gasteiger partial charge is 0.255 e. The fraction of sp³-hybridized carbons (Fsp3) is 0.286. The maximum atomic E-state index is 12.7. The first kappa shape index (κ1) is 25.5. The molecular formula is C28H31BrN2O3. The molecule has 0 aliphatic heterocycles. The molecule has 0 bridgehead atoms. The molecule has 0 aromatic heterocycles. The summed E-state index contributed by atoms with van der Waals surface area (Å²) in [6, 6.07) is 22.5. The Morgan fingerprint density at radius 2 is 1.53 bits per heavy atom. The summed E-state index contributed by atoms with van der Waals surface area (Å²) in [6.45, 7) is 6.16. The summed E-state index contributed by atoms with van der Waals surface area (Å²) in [5.74, 6) is 0.488. The molecule has 34 heavy (non-hydrogen) atoms. The van der Waals surface area contributed by atoms with E-state index in [1.165, 1.54) is 5.56 Å². The Labute approximate surface area is 210 Å². The third-order valence-corrected chi connectivity index (χ3v) is 5.97. The fourth-order valence-corrected chi connectivity index (χ4v) is 4.11. The molecule has 0 unspecified atom stereocenters. The quantitative estimate of drug-likeness (QED) is 0.309. The van der Waals surface area contributed by atoms with Gasteiger partial charge in [0.05, 0.1) is 11.1 Å². The molecule has 178 valence electrons. The monoisotopic (exact) mass is 522 g/mol. The first-order chi connectivity index (χ1) is 16.5. The Morgan fingerprint density at radius 3 is 2.15 bits per heavy atom. The molecule has 2 amide bonds. The Hall–Kier alpha value is -3.12. The second kappa shape index (κ2) is 12.9. The molecule has 5 nitrogen and oxygen atoms in total. The van der Waals surface area contributed by atoms with E-state index in [1.807, 2.05) is 23.1 Å². The van der Waals surface area contributed by atoms with E-state index in [9.17, 15) is 9.59 Å². The van der Waals surface area contributed by atoms with Gasteiger partial charge < -0.3 is 15.0 Å². The van der Waals surface area contributed by atoms with Crippen molar-refractivity contribution in [1.82, 2.24) is 4.90 Å². The molecule has 3 rings (SSSR count). The summed E-state index contributed by atoms with van der Waals surface area (Å²) >= 11 is 3.50. The Morgan fingerprint density at radius 1 is 0.882 bits per heavy atom. The second-order valence-electron chi connectivity index (χ2n) is 8.05. The summed E-state index contributed by atoms with van der Waals surface area (Å²) in [5.41, 5.74) is 2.99. The third-order valence-electron chi connectivity index (χ3n) is 5.35. The van der Waals surface area contributed by atoms with E-state index in [1.54, 1.807) is 42.5 Å². The van der Waals surface area contributed by atoms with E-state index in [-0.39, 0.29) is 11.8 Å². The zero-order valence-electron chi connectivity index (χ0n) is 19.7. The van der Waals surface area contributed by atoms with Crippen LogP contribution in [0.4, 0.5) is 5.69 Å². The summed E-state index contributed by atoms with van der Waals surface area (Å²) in [4.78, 5) is 27.3. The first-order valence-corrected chi connectivity index (χ1v) is 12.5. The first-order valence-electron chi connectivity index (χ1n) is 11.7. The minimum absolute atomic E-state index is 0.0216. The van der Waals surface area contributed by atoms with Crippen LogP contribution < -0.4 is 10.1 Å². The number of ether oxygens (including phenoxy) is 1. The predicted octanol–water partition coefficient (Wildman–Crippen LogP) is 6.59. The number of nitrogens with one attached hydrogen (secondary N) is 1. The zero-order chi connectivity index (χ0) is 24.3. The van der Waals surface area contributed by atoms with Crippen LogP contribution in [-0.2, 0) is 6.42 Å². The van der Waals surface area contributed by atoms with Gasteiger partial charge in [0.15, 0.2) is 0 Å². The number of benzene rings is 3. The molecule has 0 heterocycles. The van der Waals surface area contributed by atoms with Crippen molar-refractivity contribution in [2.75, 3.05) is 25.0 Å². The van der Waals surface area contributed by atoms with Crippen molar-refractivity contribution in [3.63, 3.8) is 0 Å². The lowest BCUT2D eigenvalue weighted by molar-refractivity contribution is 0.0755. The van der Waals surface area contributed by atoms with Gasteiger partial charge in [0.1, 0.15) is 5.75 Å². The molecule has 0 fully saturated rings. The molecule has 3 aromatic carbocycles. The molecule has 6 heteroatoms. The minimum atomic E-state index is -0.228. The standard InChI is InChI=1S/C28H31BrN2O3/c1-3-17-31(18-4-2)28(33)22-10-13-24(14-11-22)30-27(32)23-12-15-26(25(29)20-23)34-19-16-21-8-6-5-7-9-21/h5-15,20H,3-4,16-19H2,1-2H3,(H,30,32). The number of anilines is 1. The highest BCUT2D eigenvalue weighted by Gasteiger charge is 2.15. The molecule has 3 aromatic rings. The van der Waals surface area contributed by atoms with Gasteiger partial charge >= 0.3 is 0 Å². The number of carbonyl (C=O) groups excluding carboxylic acids is 2. The van der Waals surface area contributed by atoms with Crippen molar-refractivity contribution in [3.8, 4) is 5.75 Å². The molecule has 0 saturated carbocycles. The summed E-state index contributed by atoms with van der Waals surface area (Å²) in [7, 11) is 0. The number of carbonyl (C=O) groups is 2. The SMILES string of the molecule is CCCN(CCC)C(=O)c1ccc(NC(=O)c2ccc(OCCc3ccccc3)c(Br)c2)cc1. The molecule has 0 saturated heterocycles. The number of hydrogen-bond donors (Lipinski definition) is 1. The van der Waals surface area contributed by atoms with Crippen molar-refractivity contribution >= 4 is 33.4 Å². The highest BCUT2D eigenvalue weighted by atomic mass is 79.9. The lowest BCUT2D eigenvalue weighted by atomic mass is 10.1. The van der Waals surface area contributed by atoms with Crippen molar-refractivity contribution in [1.29, 1.82) is 0 Å². The van der Waals surface area contributed by atoms with Crippen LogP contribution in [0.3, 0.4) is 0 Å². The normalized spacial score (nSPS) is 10.6. The molecule has 1 N–H and O–H groups in total. The van der Waals surface area contributed by atoms with E-state index in [4.69, 9.17) is 4.74 Å².